The zero-order valence-corrected chi connectivity index (χ0v) is 22.4. The van der Waals surface area contributed by atoms with Gasteiger partial charge in [0.2, 0.25) is 0 Å². The molecule has 0 saturated heterocycles. The number of hydrogen-bond donors (Lipinski definition) is 6. The zero-order valence-electron chi connectivity index (χ0n) is 22.4. The molecule has 0 heterocycles. The molecule has 6 N–H and O–H groups in total. The number of phenolic OH excluding ortho intramolecular Hbond substituents is 2. The molecular formula is C32H26F2N4O5. The number of hydrogen-bond acceptors (Lipinski definition) is 5. The van der Waals surface area contributed by atoms with Gasteiger partial charge < -0.3 is 36.2 Å². The number of urea groups is 2. The van der Waals surface area contributed by atoms with Crippen molar-refractivity contribution in [2.45, 2.75) is 0 Å². The first-order valence-electron chi connectivity index (χ1n) is 12.8. The van der Waals surface area contributed by atoms with Crippen LogP contribution in [-0.4, -0.2) is 22.3 Å². The van der Waals surface area contributed by atoms with Gasteiger partial charge in [0.05, 0.1) is 0 Å². The molecule has 0 unspecified atom stereocenters. The number of aromatic hydroxyl groups is 2. The van der Waals surface area contributed by atoms with Crippen LogP contribution < -0.4 is 26.0 Å². The molecule has 5 aromatic rings. The van der Waals surface area contributed by atoms with E-state index in [1.165, 1.54) is 24.3 Å². The third-order valence-electron chi connectivity index (χ3n) is 5.53. The summed E-state index contributed by atoms with van der Waals surface area (Å²) in [4.78, 5) is 23.5. The van der Waals surface area contributed by atoms with Crippen molar-refractivity contribution < 1.29 is 33.3 Å². The number of nitrogens with one attached hydrogen (secondary N) is 4. The summed E-state index contributed by atoms with van der Waals surface area (Å²) >= 11 is 0. The fraction of sp³-hybridized carbons (Fsp3) is 0. The highest BCUT2D eigenvalue weighted by molar-refractivity contribution is 6.00. The fourth-order valence-corrected chi connectivity index (χ4v) is 3.51. The predicted octanol–water partition coefficient (Wildman–Crippen LogP) is 8.14. The molecule has 0 spiro atoms. The molecular weight excluding hydrogens is 558 g/mol. The van der Waals surface area contributed by atoms with E-state index in [0.717, 1.165) is 17.9 Å². The Morgan fingerprint density at radius 3 is 1.33 bits per heavy atom. The minimum Gasteiger partial charge on any atom is -0.505 e. The summed E-state index contributed by atoms with van der Waals surface area (Å²) in [6.07, 6.45) is 0. The van der Waals surface area contributed by atoms with E-state index in [9.17, 15) is 18.4 Å². The average molecular weight is 585 g/mol. The standard InChI is InChI=1S/C19H15FN2O3.C13H11FN2O2/c20-17-12-14(8-11-18(17)23)22-19(24)21-13-6-9-16(10-7-13)25-15-4-2-1-3-5-15;14-11-8-10(6-7-12(11)17)16-13(18)15-9-4-2-1-3-5-9/h1-12,23H,(H2,21,22,24);1-8,17H,(H2,15,16,18). The predicted molar refractivity (Wildman–Crippen MR) is 161 cm³/mol. The van der Waals surface area contributed by atoms with Gasteiger partial charge in [0, 0.05) is 34.9 Å². The van der Waals surface area contributed by atoms with Gasteiger partial charge in [-0.3, -0.25) is 0 Å². The Balaban J connectivity index is 0.000000208. The third-order valence-corrected chi connectivity index (χ3v) is 5.53. The molecule has 0 bridgehead atoms. The van der Waals surface area contributed by atoms with Crippen molar-refractivity contribution in [1.29, 1.82) is 0 Å². The lowest BCUT2D eigenvalue weighted by Gasteiger charge is -2.09. The minimum atomic E-state index is -0.805. The maximum atomic E-state index is 13.2. The highest BCUT2D eigenvalue weighted by Gasteiger charge is 2.07. The van der Waals surface area contributed by atoms with Crippen LogP contribution in [0.2, 0.25) is 0 Å². The van der Waals surface area contributed by atoms with Crippen molar-refractivity contribution in [3.63, 3.8) is 0 Å². The number of rotatable bonds is 6. The Labute approximate surface area is 245 Å². The van der Waals surface area contributed by atoms with E-state index < -0.39 is 35.2 Å². The molecule has 0 aliphatic carbocycles. The maximum Gasteiger partial charge on any atom is 0.323 e. The summed E-state index contributed by atoms with van der Waals surface area (Å²) in [5.41, 5.74) is 1.68. The largest absolute Gasteiger partial charge is 0.505 e. The Hall–Kier alpha value is -6.10. The first-order valence-corrected chi connectivity index (χ1v) is 12.8. The van der Waals surface area contributed by atoms with Crippen LogP contribution in [0.5, 0.6) is 23.0 Å². The van der Waals surface area contributed by atoms with Crippen molar-refractivity contribution >= 4 is 34.8 Å². The van der Waals surface area contributed by atoms with Crippen LogP contribution in [0, 0.1) is 11.6 Å². The van der Waals surface area contributed by atoms with Gasteiger partial charge >= 0.3 is 12.1 Å². The molecule has 9 nitrogen and oxygen atoms in total. The fourth-order valence-electron chi connectivity index (χ4n) is 3.51. The summed E-state index contributed by atoms with van der Waals surface area (Å²) in [5, 5.41) is 28.3. The van der Waals surface area contributed by atoms with Gasteiger partial charge in [-0.05, 0) is 72.8 Å². The molecule has 4 amide bonds. The number of carbonyl (C=O) groups excluding carboxylic acids is 2. The number of amides is 4. The number of carbonyl (C=O) groups is 2. The Kier molecular flexibility index (Phi) is 10.1. The quantitative estimate of drug-likeness (QED) is 0.112. The third kappa shape index (κ3) is 9.50. The number of para-hydroxylation sites is 2. The second-order valence-electron chi connectivity index (χ2n) is 8.80. The molecule has 5 rings (SSSR count). The topological polar surface area (TPSA) is 132 Å². The van der Waals surface area contributed by atoms with Crippen molar-refractivity contribution in [3.05, 3.63) is 133 Å². The van der Waals surface area contributed by atoms with Crippen LogP contribution in [0.25, 0.3) is 0 Å². The first kappa shape index (κ1) is 29.9. The van der Waals surface area contributed by atoms with Crippen molar-refractivity contribution in [2.75, 3.05) is 21.3 Å². The zero-order chi connectivity index (χ0) is 30.6. The number of anilines is 4. The number of phenols is 2. The number of benzene rings is 5. The van der Waals surface area contributed by atoms with Gasteiger partial charge in [-0.2, -0.15) is 0 Å². The molecule has 218 valence electrons. The normalized spacial score (nSPS) is 10.0. The smallest absolute Gasteiger partial charge is 0.323 e. The molecule has 0 saturated carbocycles. The van der Waals surface area contributed by atoms with Crippen LogP contribution in [0.1, 0.15) is 0 Å². The van der Waals surface area contributed by atoms with Crippen LogP contribution >= 0.6 is 0 Å². The number of halogens is 2. The van der Waals surface area contributed by atoms with Gasteiger partial charge in [-0.1, -0.05) is 36.4 Å². The molecule has 11 heteroatoms. The molecule has 0 aromatic heterocycles. The molecule has 0 aliphatic heterocycles. The highest BCUT2D eigenvalue weighted by Crippen LogP contribution is 2.24. The van der Waals surface area contributed by atoms with Crippen molar-refractivity contribution in [2.24, 2.45) is 0 Å². The van der Waals surface area contributed by atoms with E-state index in [1.54, 1.807) is 48.5 Å². The van der Waals surface area contributed by atoms with Gasteiger partial charge in [0.1, 0.15) is 11.5 Å². The van der Waals surface area contributed by atoms with Crippen LogP contribution in [0.15, 0.2) is 121 Å². The van der Waals surface area contributed by atoms with Crippen LogP contribution in [0.4, 0.5) is 41.1 Å². The van der Waals surface area contributed by atoms with E-state index in [4.69, 9.17) is 14.9 Å². The molecule has 0 fully saturated rings. The number of ether oxygens (including phenoxy) is 1. The van der Waals surface area contributed by atoms with Gasteiger partial charge in [-0.15, -0.1) is 0 Å². The average Bonchev–Trinajstić information content (AvgIpc) is 2.99. The molecule has 0 atom stereocenters. The SMILES string of the molecule is O=C(Nc1ccc(Oc2ccccc2)cc1)Nc1ccc(O)c(F)c1.O=C(Nc1ccccc1)Nc1ccc(O)c(F)c1. The van der Waals surface area contributed by atoms with Gasteiger partial charge in [0.15, 0.2) is 23.1 Å². The second kappa shape index (κ2) is 14.5. The van der Waals surface area contributed by atoms with E-state index in [2.05, 4.69) is 21.3 Å². The maximum absolute atomic E-state index is 13.2. The molecule has 0 radical (unpaired) electrons. The molecule has 0 aliphatic rings. The summed E-state index contributed by atoms with van der Waals surface area (Å²) in [7, 11) is 0. The van der Waals surface area contributed by atoms with E-state index >= 15 is 0 Å². The van der Waals surface area contributed by atoms with E-state index in [-0.39, 0.29) is 11.4 Å². The summed E-state index contributed by atoms with van der Waals surface area (Å²) in [6.45, 7) is 0. The summed E-state index contributed by atoms with van der Waals surface area (Å²) in [6, 6.07) is 31.3. The summed E-state index contributed by atoms with van der Waals surface area (Å²) < 4.78 is 31.9. The van der Waals surface area contributed by atoms with Gasteiger partial charge in [0.25, 0.3) is 0 Å². The minimum absolute atomic E-state index is 0.233. The lowest BCUT2D eigenvalue weighted by molar-refractivity contribution is 0.261. The van der Waals surface area contributed by atoms with Crippen LogP contribution in [-0.2, 0) is 0 Å². The van der Waals surface area contributed by atoms with E-state index in [0.29, 0.717) is 17.1 Å². The second-order valence-corrected chi connectivity index (χ2v) is 8.80. The first-order chi connectivity index (χ1) is 20.7. The van der Waals surface area contributed by atoms with Crippen molar-refractivity contribution in [1.82, 2.24) is 0 Å². The summed E-state index contributed by atoms with van der Waals surface area (Å²) in [5.74, 6) is -1.16. The lowest BCUT2D eigenvalue weighted by atomic mass is 10.3. The lowest BCUT2D eigenvalue weighted by Crippen LogP contribution is -2.19. The molecule has 43 heavy (non-hydrogen) atoms. The van der Waals surface area contributed by atoms with Crippen LogP contribution in [0.3, 0.4) is 0 Å². The van der Waals surface area contributed by atoms with Crippen molar-refractivity contribution in [3.8, 4) is 23.0 Å². The molecule has 5 aromatic carbocycles. The monoisotopic (exact) mass is 584 g/mol. The Morgan fingerprint density at radius 2 is 0.860 bits per heavy atom. The van der Waals surface area contributed by atoms with Gasteiger partial charge in [-0.25, -0.2) is 18.4 Å². The van der Waals surface area contributed by atoms with E-state index in [1.807, 2.05) is 36.4 Å². The Morgan fingerprint density at radius 1 is 0.488 bits per heavy atom. The highest BCUT2D eigenvalue weighted by atomic mass is 19.1. The Bertz CT molecular complexity index is 1670.